The summed E-state index contributed by atoms with van der Waals surface area (Å²) in [5.41, 5.74) is 6.28. The smallest absolute Gasteiger partial charge is 0.240 e. The maximum atomic E-state index is 5.78. The Bertz CT molecular complexity index is 561. The average Bonchev–Trinajstić information content (AvgIpc) is 2.43. The van der Waals surface area contributed by atoms with E-state index < -0.39 is 0 Å². The van der Waals surface area contributed by atoms with E-state index in [1.165, 1.54) is 0 Å². The fraction of sp³-hybridized carbons (Fsp3) is 0.214. The second-order valence-corrected chi connectivity index (χ2v) is 4.58. The summed E-state index contributed by atoms with van der Waals surface area (Å²) in [5.74, 6) is 1.65. The Morgan fingerprint density at radius 2 is 2.00 bits per heavy atom. The first-order valence-electron chi connectivity index (χ1n) is 5.94. The molecule has 0 radical (unpaired) electrons. The molecule has 0 saturated heterocycles. The van der Waals surface area contributed by atoms with E-state index in [1.54, 1.807) is 23.9 Å². The summed E-state index contributed by atoms with van der Waals surface area (Å²) in [6, 6.07) is 11.3. The van der Waals surface area contributed by atoms with E-state index in [2.05, 4.69) is 4.98 Å². The maximum Gasteiger partial charge on any atom is 0.240 e. The lowest BCUT2D eigenvalue weighted by atomic mass is 10.3. The highest BCUT2D eigenvalue weighted by Gasteiger charge is 2.08. The number of rotatable bonds is 5. The monoisotopic (exact) mass is 276 g/mol. The fourth-order valence-corrected chi connectivity index (χ4v) is 2.08. The number of para-hydroxylation sites is 1. The van der Waals surface area contributed by atoms with Crippen LogP contribution in [0, 0.1) is 0 Å². The van der Waals surface area contributed by atoms with Crippen molar-refractivity contribution >= 4 is 17.4 Å². The Kier molecular flexibility index (Phi) is 4.52. The number of pyridine rings is 1. The van der Waals surface area contributed by atoms with Gasteiger partial charge in [0.1, 0.15) is 5.75 Å². The van der Waals surface area contributed by atoms with Crippen molar-refractivity contribution in [3.8, 4) is 17.5 Å². The quantitative estimate of drug-likeness (QED) is 0.846. The minimum atomic E-state index is 0.404. The minimum Gasteiger partial charge on any atom is -0.476 e. The van der Waals surface area contributed by atoms with E-state index in [9.17, 15) is 0 Å². The number of hydrogen-bond acceptors (Lipinski definition) is 5. The number of benzene rings is 1. The van der Waals surface area contributed by atoms with Crippen LogP contribution in [0.3, 0.4) is 0 Å². The van der Waals surface area contributed by atoms with Gasteiger partial charge in [-0.1, -0.05) is 12.1 Å². The van der Waals surface area contributed by atoms with E-state index in [1.807, 2.05) is 37.4 Å². The van der Waals surface area contributed by atoms with Gasteiger partial charge in [0.2, 0.25) is 11.8 Å². The highest BCUT2D eigenvalue weighted by Crippen LogP contribution is 2.32. The van der Waals surface area contributed by atoms with Crippen molar-refractivity contribution in [3.63, 3.8) is 0 Å². The molecule has 1 heterocycles. The van der Waals surface area contributed by atoms with Gasteiger partial charge in [0.15, 0.2) is 0 Å². The van der Waals surface area contributed by atoms with Crippen molar-refractivity contribution < 1.29 is 9.47 Å². The SMILES string of the molecule is CCOc1nc(Oc2ccccc2SC)ccc1N. The highest BCUT2D eigenvalue weighted by molar-refractivity contribution is 7.98. The molecule has 0 unspecified atom stereocenters. The molecule has 0 aliphatic rings. The van der Waals surface area contributed by atoms with Gasteiger partial charge in [-0.15, -0.1) is 11.8 Å². The molecular weight excluding hydrogens is 260 g/mol. The first kappa shape index (κ1) is 13.5. The fourth-order valence-electron chi connectivity index (χ4n) is 1.56. The normalized spacial score (nSPS) is 10.2. The summed E-state index contributed by atoms with van der Waals surface area (Å²) in [5, 5.41) is 0. The van der Waals surface area contributed by atoms with Crippen LogP contribution in [-0.4, -0.2) is 17.8 Å². The molecule has 1 aromatic heterocycles. The van der Waals surface area contributed by atoms with Crippen molar-refractivity contribution in [1.29, 1.82) is 0 Å². The van der Waals surface area contributed by atoms with Crippen LogP contribution in [0.25, 0.3) is 0 Å². The molecule has 0 aliphatic carbocycles. The molecule has 19 heavy (non-hydrogen) atoms. The van der Waals surface area contributed by atoms with E-state index >= 15 is 0 Å². The first-order chi connectivity index (χ1) is 9.24. The van der Waals surface area contributed by atoms with Crippen LogP contribution in [-0.2, 0) is 0 Å². The number of hydrogen-bond donors (Lipinski definition) is 1. The predicted molar refractivity (Wildman–Crippen MR) is 78.1 cm³/mol. The van der Waals surface area contributed by atoms with Crippen LogP contribution in [0.5, 0.6) is 17.5 Å². The van der Waals surface area contributed by atoms with Crippen LogP contribution in [0.1, 0.15) is 6.92 Å². The molecule has 1 aromatic carbocycles. The lowest BCUT2D eigenvalue weighted by Crippen LogP contribution is -2.00. The van der Waals surface area contributed by atoms with Gasteiger partial charge in [-0.25, -0.2) is 0 Å². The number of thioether (sulfide) groups is 1. The second-order valence-electron chi connectivity index (χ2n) is 3.73. The van der Waals surface area contributed by atoms with E-state index in [0.29, 0.717) is 24.1 Å². The van der Waals surface area contributed by atoms with Gasteiger partial charge in [0.05, 0.1) is 12.3 Å². The van der Waals surface area contributed by atoms with Gasteiger partial charge >= 0.3 is 0 Å². The molecule has 0 bridgehead atoms. The minimum absolute atomic E-state index is 0.404. The number of nitrogen functional groups attached to an aromatic ring is 1. The van der Waals surface area contributed by atoms with E-state index in [0.717, 1.165) is 10.6 Å². The van der Waals surface area contributed by atoms with Gasteiger partial charge in [-0.2, -0.15) is 4.98 Å². The molecule has 4 nitrogen and oxygen atoms in total. The predicted octanol–water partition coefficient (Wildman–Crippen LogP) is 3.58. The molecule has 2 rings (SSSR count). The molecule has 0 atom stereocenters. The van der Waals surface area contributed by atoms with Crippen molar-refractivity contribution in [2.75, 3.05) is 18.6 Å². The third-order valence-electron chi connectivity index (χ3n) is 2.43. The van der Waals surface area contributed by atoms with Gasteiger partial charge in [-0.05, 0) is 31.4 Å². The highest BCUT2D eigenvalue weighted by atomic mass is 32.2. The first-order valence-corrected chi connectivity index (χ1v) is 7.17. The van der Waals surface area contributed by atoms with Gasteiger partial charge in [0.25, 0.3) is 0 Å². The Balaban J connectivity index is 2.25. The van der Waals surface area contributed by atoms with Crippen molar-refractivity contribution in [2.45, 2.75) is 11.8 Å². The molecule has 2 aromatic rings. The Labute approximate surface area is 116 Å². The van der Waals surface area contributed by atoms with Crippen molar-refractivity contribution in [2.24, 2.45) is 0 Å². The number of nitrogens with two attached hydrogens (primary N) is 1. The van der Waals surface area contributed by atoms with Gasteiger partial charge in [0, 0.05) is 11.0 Å². The second kappa shape index (κ2) is 6.33. The molecular formula is C14H16N2O2S. The van der Waals surface area contributed by atoms with Crippen LogP contribution in [0.4, 0.5) is 5.69 Å². The summed E-state index contributed by atoms with van der Waals surface area (Å²) in [4.78, 5) is 5.31. The number of anilines is 1. The zero-order valence-electron chi connectivity index (χ0n) is 10.9. The zero-order valence-corrected chi connectivity index (χ0v) is 11.7. The summed E-state index contributed by atoms with van der Waals surface area (Å²) >= 11 is 1.62. The molecule has 0 spiro atoms. The van der Waals surface area contributed by atoms with Gasteiger partial charge in [-0.3, -0.25) is 0 Å². The van der Waals surface area contributed by atoms with E-state index in [4.69, 9.17) is 15.2 Å². The van der Waals surface area contributed by atoms with Crippen LogP contribution < -0.4 is 15.2 Å². The lowest BCUT2D eigenvalue weighted by Gasteiger charge is -2.11. The van der Waals surface area contributed by atoms with E-state index in [-0.39, 0.29) is 0 Å². The van der Waals surface area contributed by atoms with Crippen LogP contribution in [0.15, 0.2) is 41.3 Å². The number of ether oxygens (including phenoxy) is 2. The number of aromatic nitrogens is 1. The third-order valence-corrected chi connectivity index (χ3v) is 3.21. The molecule has 0 saturated carbocycles. The molecule has 0 aliphatic heterocycles. The zero-order chi connectivity index (χ0) is 13.7. The van der Waals surface area contributed by atoms with Crippen LogP contribution >= 0.6 is 11.8 Å². The molecule has 0 amide bonds. The average molecular weight is 276 g/mol. The third kappa shape index (κ3) is 3.32. The van der Waals surface area contributed by atoms with Crippen molar-refractivity contribution in [1.82, 2.24) is 4.98 Å². The van der Waals surface area contributed by atoms with Crippen molar-refractivity contribution in [3.05, 3.63) is 36.4 Å². The molecule has 0 fully saturated rings. The standard InChI is InChI=1S/C14H16N2O2S/c1-3-17-14-10(15)8-9-13(16-14)18-11-6-4-5-7-12(11)19-2/h4-9H,3,15H2,1-2H3. The Morgan fingerprint density at radius 3 is 2.74 bits per heavy atom. The topological polar surface area (TPSA) is 57.4 Å². The summed E-state index contributed by atoms with van der Waals surface area (Å²) in [6.45, 7) is 2.40. The summed E-state index contributed by atoms with van der Waals surface area (Å²) < 4.78 is 11.1. The maximum absolute atomic E-state index is 5.78. The summed E-state index contributed by atoms with van der Waals surface area (Å²) in [7, 11) is 0. The molecule has 100 valence electrons. The lowest BCUT2D eigenvalue weighted by molar-refractivity contribution is 0.322. The van der Waals surface area contributed by atoms with Crippen LogP contribution in [0.2, 0.25) is 0 Å². The molecule has 2 N–H and O–H groups in total. The number of nitrogens with zero attached hydrogens (tertiary/aromatic N) is 1. The largest absolute Gasteiger partial charge is 0.476 e. The Morgan fingerprint density at radius 1 is 1.21 bits per heavy atom. The molecule has 5 heteroatoms. The summed E-state index contributed by atoms with van der Waals surface area (Å²) in [6.07, 6.45) is 2.00. The van der Waals surface area contributed by atoms with Gasteiger partial charge < -0.3 is 15.2 Å². The Hall–Kier alpha value is -1.88.